The molecule has 0 fully saturated rings. The van der Waals surface area contributed by atoms with Gasteiger partial charge in [-0.05, 0) is 35.9 Å². The Kier molecular flexibility index (Phi) is 7.42. The Hall–Kier alpha value is -4.08. The van der Waals surface area contributed by atoms with Crippen molar-refractivity contribution in [1.82, 2.24) is 20.1 Å². The van der Waals surface area contributed by atoms with E-state index in [4.69, 9.17) is 28.9 Å². The number of nitrogens with one attached hydrogen (secondary N) is 1. The van der Waals surface area contributed by atoms with Crippen LogP contribution in [0.15, 0.2) is 73.1 Å². The summed E-state index contributed by atoms with van der Waals surface area (Å²) in [6.45, 7) is 0. The Labute approximate surface area is 214 Å². The van der Waals surface area contributed by atoms with E-state index >= 15 is 0 Å². The fourth-order valence-corrected chi connectivity index (χ4v) is 3.97. The fraction of sp³-hybridized carbons (Fsp3) is 0.0800. The van der Waals surface area contributed by atoms with Crippen molar-refractivity contribution < 1.29 is 18.8 Å². The van der Waals surface area contributed by atoms with Crippen LogP contribution in [-0.2, 0) is 16.0 Å². The highest BCUT2D eigenvalue weighted by Gasteiger charge is 2.27. The summed E-state index contributed by atoms with van der Waals surface area (Å²) in [5.74, 6) is -3.31. The lowest BCUT2D eigenvalue weighted by atomic mass is 10.0. The first-order chi connectivity index (χ1) is 17.3. The topological polar surface area (TPSA) is 120 Å². The minimum atomic E-state index is -1.20. The van der Waals surface area contributed by atoms with Crippen molar-refractivity contribution in [3.63, 3.8) is 0 Å². The van der Waals surface area contributed by atoms with Crippen molar-refractivity contribution in [2.75, 3.05) is 0 Å². The van der Waals surface area contributed by atoms with Crippen LogP contribution in [0.4, 0.5) is 4.39 Å². The zero-order valence-electron chi connectivity index (χ0n) is 18.5. The average molecular weight is 526 g/mol. The van der Waals surface area contributed by atoms with Crippen molar-refractivity contribution in [3.8, 4) is 17.1 Å². The van der Waals surface area contributed by atoms with Crippen LogP contribution < -0.4 is 11.1 Å². The third-order valence-electron chi connectivity index (χ3n) is 5.28. The van der Waals surface area contributed by atoms with Crippen molar-refractivity contribution >= 4 is 40.8 Å². The molecule has 2 aromatic carbocycles. The van der Waals surface area contributed by atoms with Gasteiger partial charge in [0.25, 0.3) is 11.8 Å². The van der Waals surface area contributed by atoms with Crippen LogP contribution in [-0.4, -0.2) is 38.4 Å². The zero-order valence-corrected chi connectivity index (χ0v) is 20.0. The molecule has 4 aromatic rings. The molecule has 1 atom stereocenters. The second kappa shape index (κ2) is 10.7. The molecule has 2 aromatic heterocycles. The smallest absolute Gasteiger partial charge is 0.287 e. The van der Waals surface area contributed by atoms with Crippen molar-refractivity contribution in [3.05, 3.63) is 100 Å². The second-order valence-electron chi connectivity index (χ2n) is 7.68. The number of hydrogen-bond acceptors (Lipinski definition) is 5. The lowest BCUT2D eigenvalue weighted by molar-refractivity contribution is -0.137. The first kappa shape index (κ1) is 25.0. The summed E-state index contributed by atoms with van der Waals surface area (Å²) in [7, 11) is 0. The SMILES string of the molecule is NC(=O)C(=O)C(Cc1ccccc1)NC(=O)c1cccnc1-n1ccc(-c2c(F)ccc(Cl)c2Cl)n1. The molecule has 0 bridgehead atoms. The Morgan fingerprint density at radius 2 is 1.78 bits per heavy atom. The van der Waals surface area contributed by atoms with Gasteiger partial charge in [0, 0.05) is 18.8 Å². The third-order valence-corrected chi connectivity index (χ3v) is 6.09. The van der Waals surface area contributed by atoms with Gasteiger partial charge in [-0.2, -0.15) is 5.10 Å². The van der Waals surface area contributed by atoms with Crippen LogP contribution in [0.25, 0.3) is 17.1 Å². The zero-order chi connectivity index (χ0) is 25.8. The Balaban J connectivity index is 1.66. The summed E-state index contributed by atoms with van der Waals surface area (Å²) >= 11 is 12.2. The lowest BCUT2D eigenvalue weighted by Crippen LogP contribution is -2.47. The van der Waals surface area contributed by atoms with Crippen LogP contribution in [0, 0.1) is 5.82 Å². The first-order valence-electron chi connectivity index (χ1n) is 10.6. The number of amides is 2. The minimum absolute atomic E-state index is 0.000158. The van der Waals surface area contributed by atoms with Crippen molar-refractivity contribution in [2.45, 2.75) is 12.5 Å². The summed E-state index contributed by atoms with van der Waals surface area (Å²) in [5, 5.41) is 7.04. The minimum Gasteiger partial charge on any atom is -0.363 e. The predicted molar refractivity (Wildman–Crippen MR) is 132 cm³/mol. The lowest BCUT2D eigenvalue weighted by Gasteiger charge is -2.17. The van der Waals surface area contributed by atoms with Gasteiger partial charge in [0.15, 0.2) is 5.82 Å². The number of aromatic nitrogens is 3. The number of hydrogen-bond donors (Lipinski definition) is 2. The maximum atomic E-state index is 14.5. The molecule has 2 amide bonds. The van der Waals surface area contributed by atoms with Gasteiger partial charge in [0.2, 0.25) is 5.78 Å². The molecule has 0 saturated carbocycles. The van der Waals surface area contributed by atoms with Crippen molar-refractivity contribution in [2.24, 2.45) is 5.73 Å². The predicted octanol–water partition coefficient (Wildman–Crippen LogP) is 3.78. The maximum absolute atomic E-state index is 14.5. The third kappa shape index (κ3) is 5.27. The molecule has 0 saturated heterocycles. The van der Waals surface area contributed by atoms with E-state index < -0.39 is 29.5 Å². The van der Waals surface area contributed by atoms with Gasteiger partial charge in [-0.3, -0.25) is 14.4 Å². The monoisotopic (exact) mass is 525 g/mol. The summed E-state index contributed by atoms with van der Waals surface area (Å²) in [6.07, 6.45) is 2.97. The number of carbonyl (C=O) groups is 3. The van der Waals surface area contributed by atoms with E-state index in [0.29, 0.717) is 0 Å². The largest absolute Gasteiger partial charge is 0.363 e. The van der Waals surface area contributed by atoms with Crippen LogP contribution in [0.3, 0.4) is 0 Å². The molecule has 11 heteroatoms. The van der Waals surface area contributed by atoms with Gasteiger partial charge >= 0.3 is 0 Å². The van der Waals surface area contributed by atoms with E-state index in [1.807, 2.05) is 0 Å². The summed E-state index contributed by atoms with van der Waals surface area (Å²) in [5.41, 5.74) is 6.15. The molecule has 0 aliphatic carbocycles. The van der Waals surface area contributed by atoms with Crippen LogP contribution in [0.1, 0.15) is 15.9 Å². The molecule has 0 aliphatic heterocycles. The van der Waals surface area contributed by atoms with Gasteiger partial charge in [0.1, 0.15) is 11.9 Å². The number of halogens is 3. The summed E-state index contributed by atoms with van der Waals surface area (Å²) < 4.78 is 15.7. The van der Waals surface area contributed by atoms with Crippen LogP contribution >= 0.6 is 23.2 Å². The van der Waals surface area contributed by atoms with E-state index in [2.05, 4.69) is 15.4 Å². The van der Waals surface area contributed by atoms with Gasteiger partial charge in [-0.15, -0.1) is 0 Å². The molecule has 8 nitrogen and oxygen atoms in total. The molecule has 4 rings (SSSR count). The Bertz CT molecular complexity index is 1460. The number of primary amides is 1. The Morgan fingerprint density at radius 3 is 2.50 bits per heavy atom. The van der Waals surface area contributed by atoms with Crippen molar-refractivity contribution in [1.29, 1.82) is 0 Å². The van der Waals surface area contributed by atoms with E-state index in [0.717, 1.165) is 5.56 Å². The highest BCUT2D eigenvalue weighted by molar-refractivity contribution is 6.43. The van der Waals surface area contributed by atoms with Gasteiger partial charge in [-0.25, -0.2) is 14.1 Å². The highest BCUT2D eigenvalue weighted by Crippen LogP contribution is 2.35. The number of nitrogens with two attached hydrogens (primary N) is 1. The van der Waals surface area contributed by atoms with E-state index in [9.17, 15) is 18.8 Å². The number of ketones is 1. The summed E-state index contributed by atoms with van der Waals surface area (Å²) in [4.78, 5) is 41.5. The summed E-state index contributed by atoms with van der Waals surface area (Å²) in [6, 6.07) is 14.7. The van der Waals surface area contributed by atoms with E-state index in [-0.39, 0.29) is 39.1 Å². The number of Topliss-reactive ketones (excluding diaryl/α,β-unsaturated/α-hetero) is 1. The number of nitrogens with zero attached hydrogens (tertiary/aromatic N) is 3. The number of carbonyl (C=O) groups excluding carboxylic acids is 3. The first-order valence-corrected chi connectivity index (χ1v) is 11.3. The van der Waals surface area contributed by atoms with Gasteiger partial charge in [0.05, 0.1) is 26.9 Å². The van der Waals surface area contributed by atoms with Gasteiger partial charge < -0.3 is 11.1 Å². The molecule has 0 aliphatic rings. The molecule has 2 heterocycles. The van der Waals surface area contributed by atoms with E-state index in [1.165, 1.54) is 47.4 Å². The molecule has 0 spiro atoms. The van der Waals surface area contributed by atoms with E-state index in [1.54, 1.807) is 30.3 Å². The second-order valence-corrected chi connectivity index (χ2v) is 8.47. The van der Waals surface area contributed by atoms with Crippen LogP contribution in [0.5, 0.6) is 0 Å². The molecule has 36 heavy (non-hydrogen) atoms. The number of pyridine rings is 1. The van der Waals surface area contributed by atoms with Gasteiger partial charge in [-0.1, -0.05) is 53.5 Å². The number of rotatable bonds is 8. The Morgan fingerprint density at radius 1 is 1.03 bits per heavy atom. The molecule has 0 radical (unpaired) electrons. The maximum Gasteiger partial charge on any atom is 0.287 e. The highest BCUT2D eigenvalue weighted by atomic mass is 35.5. The molecule has 182 valence electrons. The standard InChI is InChI=1S/C25H18Cl2FN5O3/c26-16-8-9-17(28)20(21(16)27)18-10-12-33(32-18)24-15(7-4-11-30-24)25(36)31-19(22(34)23(29)35)13-14-5-2-1-3-6-14/h1-12,19H,13H2,(H2,29,35)(H,31,36). The molecular weight excluding hydrogens is 508 g/mol. The fourth-order valence-electron chi connectivity index (χ4n) is 3.56. The molecule has 1 unspecified atom stereocenters. The molecule has 3 N–H and O–H groups in total. The normalized spacial score (nSPS) is 11.6. The average Bonchev–Trinajstić information content (AvgIpc) is 3.36. The van der Waals surface area contributed by atoms with Crippen LogP contribution in [0.2, 0.25) is 10.0 Å². The number of benzene rings is 2. The quantitative estimate of drug-likeness (QED) is 0.268. The molecular formula is C25H18Cl2FN5O3.